The Labute approximate surface area is 110 Å². The monoisotopic (exact) mass is 257 g/mol. The molecule has 1 aliphatic heterocycles. The van der Waals surface area contributed by atoms with Gasteiger partial charge in [-0.25, -0.2) is 0 Å². The van der Waals surface area contributed by atoms with Crippen molar-refractivity contribution in [3.8, 4) is 0 Å². The highest BCUT2D eigenvalue weighted by atomic mass is 16.5. The standard InChI is InChI=1S/C14H27NO3/c1-9(2)11(12(16)17-7)15-10-8-13(3,4)18-14(10,5)6/h9-11,15H,8H2,1-7H3/t10?,11-/m0/s1. The van der Waals surface area contributed by atoms with Crippen molar-refractivity contribution in [1.29, 1.82) is 0 Å². The lowest BCUT2D eigenvalue weighted by molar-refractivity contribution is -0.145. The van der Waals surface area contributed by atoms with E-state index in [-0.39, 0.29) is 35.2 Å². The Balaban J connectivity index is 2.79. The first-order valence-corrected chi connectivity index (χ1v) is 6.63. The van der Waals surface area contributed by atoms with Crippen LogP contribution in [0.3, 0.4) is 0 Å². The second-order valence-electron chi connectivity index (χ2n) is 6.63. The highest BCUT2D eigenvalue weighted by Crippen LogP contribution is 2.37. The second kappa shape index (κ2) is 5.17. The van der Waals surface area contributed by atoms with Crippen molar-refractivity contribution in [3.05, 3.63) is 0 Å². The fourth-order valence-electron chi connectivity index (χ4n) is 2.70. The van der Waals surface area contributed by atoms with Gasteiger partial charge in [0.1, 0.15) is 6.04 Å². The van der Waals surface area contributed by atoms with Gasteiger partial charge in [-0.15, -0.1) is 0 Å². The van der Waals surface area contributed by atoms with Gasteiger partial charge in [0.05, 0.1) is 18.3 Å². The molecule has 0 spiro atoms. The molecule has 106 valence electrons. The maximum Gasteiger partial charge on any atom is 0.323 e. The molecule has 1 rings (SSSR count). The summed E-state index contributed by atoms with van der Waals surface area (Å²) in [5.74, 6) is -0.0116. The molecular weight excluding hydrogens is 230 g/mol. The van der Waals surface area contributed by atoms with Gasteiger partial charge in [-0.3, -0.25) is 10.1 Å². The Bertz CT molecular complexity index is 310. The number of ether oxygens (including phenoxy) is 2. The van der Waals surface area contributed by atoms with Crippen molar-refractivity contribution in [2.24, 2.45) is 5.92 Å². The van der Waals surface area contributed by atoms with Crippen LogP contribution in [0.1, 0.15) is 48.0 Å². The number of hydrogen-bond donors (Lipinski definition) is 1. The van der Waals surface area contributed by atoms with E-state index < -0.39 is 0 Å². The molecule has 0 aromatic heterocycles. The molecule has 1 fully saturated rings. The number of carbonyl (C=O) groups is 1. The maximum absolute atomic E-state index is 11.8. The quantitative estimate of drug-likeness (QED) is 0.784. The molecule has 0 radical (unpaired) electrons. The summed E-state index contributed by atoms with van der Waals surface area (Å²) < 4.78 is 10.9. The Morgan fingerprint density at radius 2 is 1.89 bits per heavy atom. The summed E-state index contributed by atoms with van der Waals surface area (Å²) >= 11 is 0. The van der Waals surface area contributed by atoms with Gasteiger partial charge in [0, 0.05) is 6.04 Å². The third kappa shape index (κ3) is 3.45. The van der Waals surface area contributed by atoms with Crippen molar-refractivity contribution in [2.45, 2.75) is 71.2 Å². The van der Waals surface area contributed by atoms with Gasteiger partial charge < -0.3 is 9.47 Å². The van der Waals surface area contributed by atoms with E-state index in [4.69, 9.17) is 9.47 Å². The zero-order valence-electron chi connectivity index (χ0n) is 12.7. The first-order chi connectivity index (χ1) is 8.09. The molecule has 18 heavy (non-hydrogen) atoms. The van der Waals surface area contributed by atoms with E-state index in [2.05, 4.69) is 33.0 Å². The summed E-state index contributed by atoms with van der Waals surface area (Å²) in [5, 5.41) is 3.41. The lowest BCUT2D eigenvalue weighted by Crippen LogP contribution is -2.53. The number of rotatable bonds is 4. The molecule has 4 heteroatoms. The topological polar surface area (TPSA) is 47.6 Å². The molecule has 2 atom stereocenters. The van der Waals surface area contributed by atoms with Crippen LogP contribution in [0.25, 0.3) is 0 Å². The van der Waals surface area contributed by atoms with Crippen LogP contribution in [-0.2, 0) is 14.3 Å². The summed E-state index contributed by atoms with van der Waals surface area (Å²) in [6.07, 6.45) is 0.889. The highest BCUT2D eigenvalue weighted by molar-refractivity contribution is 5.76. The Kier molecular flexibility index (Phi) is 4.44. The lowest BCUT2D eigenvalue weighted by Gasteiger charge is -2.31. The van der Waals surface area contributed by atoms with Gasteiger partial charge in [0.2, 0.25) is 0 Å². The molecule has 0 aromatic carbocycles. The van der Waals surface area contributed by atoms with Crippen molar-refractivity contribution < 1.29 is 14.3 Å². The van der Waals surface area contributed by atoms with Gasteiger partial charge >= 0.3 is 5.97 Å². The molecule has 0 aliphatic carbocycles. The van der Waals surface area contributed by atoms with Crippen LogP contribution < -0.4 is 5.32 Å². The van der Waals surface area contributed by atoms with Gasteiger partial charge in [0.25, 0.3) is 0 Å². The number of esters is 1. The van der Waals surface area contributed by atoms with Gasteiger partial charge in [-0.05, 0) is 40.0 Å². The van der Waals surface area contributed by atoms with E-state index in [1.165, 1.54) is 7.11 Å². The highest BCUT2D eigenvalue weighted by Gasteiger charge is 2.47. The summed E-state index contributed by atoms with van der Waals surface area (Å²) in [6, 6.07) is -0.129. The number of hydrogen-bond acceptors (Lipinski definition) is 4. The molecule has 0 amide bonds. The maximum atomic E-state index is 11.8. The van der Waals surface area contributed by atoms with Crippen LogP contribution in [0.5, 0.6) is 0 Å². The van der Waals surface area contributed by atoms with E-state index in [0.29, 0.717) is 0 Å². The second-order valence-corrected chi connectivity index (χ2v) is 6.63. The van der Waals surface area contributed by atoms with Crippen molar-refractivity contribution in [1.82, 2.24) is 5.32 Å². The van der Waals surface area contributed by atoms with Crippen LogP contribution in [0.2, 0.25) is 0 Å². The first-order valence-electron chi connectivity index (χ1n) is 6.63. The van der Waals surface area contributed by atoms with Crippen molar-refractivity contribution in [2.75, 3.05) is 7.11 Å². The summed E-state index contributed by atoms with van der Waals surface area (Å²) in [7, 11) is 1.43. The number of carbonyl (C=O) groups excluding carboxylic acids is 1. The molecule has 1 saturated heterocycles. The average Bonchev–Trinajstić information content (AvgIpc) is 2.41. The summed E-state index contributed by atoms with van der Waals surface area (Å²) in [6.45, 7) is 12.3. The van der Waals surface area contributed by atoms with Crippen molar-refractivity contribution >= 4 is 5.97 Å². The third-order valence-electron chi connectivity index (χ3n) is 3.58. The number of nitrogens with one attached hydrogen (secondary N) is 1. The molecular formula is C14H27NO3. The third-order valence-corrected chi connectivity index (χ3v) is 3.58. The molecule has 1 N–H and O–H groups in total. The first kappa shape index (κ1) is 15.4. The molecule has 1 heterocycles. The fourth-order valence-corrected chi connectivity index (χ4v) is 2.70. The van der Waals surface area contributed by atoms with E-state index in [1.54, 1.807) is 0 Å². The minimum atomic E-state index is -0.281. The van der Waals surface area contributed by atoms with Crippen molar-refractivity contribution in [3.63, 3.8) is 0 Å². The average molecular weight is 257 g/mol. The molecule has 0 bridgehead atoms. The minimum Gasteiger partial charge on any atom is -0.468 e. The van der Waals surface area contributed by atoms with E-state index in [9.17, 15) is 4.79 Å². The van der Waals surface area contributed by atoms with Crippen LogP contribution in [0, 0.1) is 5.92 Å². The predicted octanol–water partition coefficient (Wildman–Crippen LogP) is 2.12. The van der Waals surface area contributed by atoms with E-state index >= 15 is 0 Å². The lowest BCUT2D eigenvalue weighted by atomic mass is 9.92. The molecule has 4 nitrogen and oxygen atoms in total. The summed E-state index contributed by atoms with van der Waals surface area (Å²) in [4.78, 5) is 11.8. The van der Waals surface area contributed by atoms with E-state index in [1.807, 2.05) is 13.8 Å². The zero-order chi connectivity index (χ0) is 14.1. The Hall–Kier alpha value is -0.610. The predicted molar refractivity (Wildman–Crippen MR) is 71.4 cm³/mol. The van der Waals surface area contributed by atoms with Gasteiger partial charge in [0.15, 0.2) is 0 Å². The molecule has 0 aromatic rings. The summed E-state index contributed by atoms with van der Waals surface area (Å²) in [5.41, 5.74) is -0.427. The Morgan fingerprint density at radius 1 is 1.33 bits per heavy atom. The van der Waals surface area contributed by atoms with Gasteiger partial charge in [-0.1, -0.05) is 13.8 Å². The van der Waals surface area contributed by atoms with Crippen LogP contribution in [0.15, 0.2) is 0 Å². The van der Waals surface area contributed by atoms with Crippen LogP contribution in [0.4, 0.5) is 0 Å². The molecule has 0 saturated carbocycles. The number of methoxy groups -OCH3 is 1. The molecule has 1 unspecified atom stereocenters. The van der Waals surface area contributed by atoms with E-state index in [0.717, 1.165) is 6.42 Å². The smallest absolute Gasteiger partial charge is 0.323 e. The van der Waals surface area contributed by atoms with Crippen LogP contribution >= 0.6 is 0 Å². The normalized spacial score (nSPS) is 27.2. The van der Waals surface area contributed by atoms with Crippen LogP contribution in [-0.4, -0.2) is 36.4 Å². The molecule has 1 aliphatic rings. The fraction of sp³-hybridized carbons (Fsp3) is 0.929. The van der Waals surface area contributed by atoms with Gasteiger partial charge in [-0.2, -0.15) is 0 Å². The Morgan fingerprint density at radius 3 is 2.22 bits per heavy atom. The minimum absolute atomic E-state index is 0.152. The largest absolute Gasteiger partial charge is 0.468 e. The SMILES string of the molecule is COC(=O)[C@@H](NC1CC(C)(C)OC1(C)C)C(C)C. The zero-order valence-corrected chi connectivity index (χ0v) is 12.7.